The number of fused-ring (bicyclic) bond motifs is 2. The van der Waals surface area contributed by atoms with Crippen LogP contribution in [0, 0.1) is 27.7 Å². The highest BCUT2D eigenvalue weighted by Gasteiger charge is 2.22. The predicted octanol–water partition coefficient (Wildman–Crippen LogP) is 9.04. The highest BCUT2D eigenvalue weighted by atomic mass is 14.3. The zero-order valence-corrected chi connectivity index (χ0v) is 19.8. The Bertz CT molecular complexity index is 1170. The lowest BCUT2D eigenvalue weighted by Crippen LogP contribution is -1.85. The van der Waals surface area contributed by atoms with Crippen molar-refractivity contribution >= 4 is 0 Å². The Morgan fingerprint density at radius 2 is 1.00 bits per heavy atom. The summed E-state index contributed by atoms with van der Waals surface area (Å²) in [6, 6.07) is 18.8. The van der Waals surface area contributed by atoms with Gasteiger partial charge >= 0.3 is 0 Å². The van der Waals surface area contributed by atoms with E-state index in [1.54, 1.807) is 0 Å². The molecule has 0 atom stereocenters. The van der Waals surface area contributed by atoms with E-state index in [1.165, 1.54) is 66.8 Å². The average Bonchev–Trinajstić information content (AvgIpc) is 3.02. The molecular weight excluding hydrogens is 360 g/mol. The van der Waals surface area contributed by atoms with E-state index in [-0.39, 0.29) is 0 Å². The van der Waals surface area contributed by atoms with E-state index in [4.69, 9.17) is 0 Å². The highest BCUT2D eigenvalue weighted by molar-refractivity contribution is 5.96. The molecule has 0 fully saturated rings. The van der Waals surface area contributed by atoms with Crippen molar-refractivity contribution in [3.8, 4) is 33.4 Å². The summed E-state index contributed by atoms with van der Waals surface area (Å²) in [7, 11) is 0. The van der Waals surface area contributed by atoms with Crippen molar-refractivity contribution in [3.05, 3.63) is 81.9 Å². The highest BCUT2D eigenvalue weighted by Crippen LogP contribution is 2.46. The maximum atomic E-state index is 2.42. The Hall–Kier alpha value is -2.60. The van der Waals surface area contributed by atoms with Crippen molar-refractivity contribution in [1.29, 1.82) is 0 Å². The van der Waals surface area contributed by atoms with Gasteiger partial charge in [-0.2, -0.15) is 0 Å². The summed E-state index contributed by atoms with van der Waals surface area (Å²) in [6.07, 6.45) is 0. The van der Waals surface area contributed by atoms with Gasteiger partial charge in [0.05, 0.1) is 0 Å². The molecule has 0 aromatic rings. The van der Waals surface area contributed by atoms with Crippen LogP contribution in [0.5, 0.6) is 0 Å². The second-order valence-electron chi connectivity index (χ2n) is 9.67. The molecule has 4 aliphatic rings. The Labute approximate surface area is 182 Å². The lowest BCUT2D eigenvalue weighted by Gasteiger charge is -2.07. The van der Waals surface area contributed by atoms with Gasteiger partial charge in [0, 0.05) is 0 Å². The molecular formula is C30H34. The van der Waals surface area contributed by atoms with Crippen molar-refractivity contribution in [2.45, 2.75) is 67.2 Å². The summed E-state index contributed by atoms with van der Waals surface area (Å²) in [5, 5.41) is 0. The van der Waals surface area contributed by atoms with E-state index in [0.717, 1.165) is 0 Å². The van der Waals surface area contributed by atoms with Crippen molar-refractivity contribution in [1.82, 2.24) is 0 Å². The molecule has 0 aromatic carbocycles. The molecule has 0 unspecified atom stereocenters. The van der Waals surface area contributed by atoms with Crippen LogP contribution in [0.15, 0.2) is 48.5 Å². The first-order valence-electron chi connectivity index (χ1n) is 11.3. The summed E-state index contributed by atoms with van der Waals surface area (Å²) in [4.78, 5) is 0. The quantitative estimate of drug-likeness (QED) is 0.325. The van der Waals surface area contributed by atoms with Gasteiger partial charge in [0.25, 0.3) is 0 Å². The van der Waals surface area contributed by atoms with Crippen LogP contribution in [-0.2, 0) is 0 Å². The maximum Gasteiger partial charge on any atom is -0.00731 e. The SMILES string of the molecule is Cc1ccc(C(C)C)cc2c(C)c(-c3cc(C)c4cc(C(C)C)ccc(C)c3-4)cc1-2. The minimum atomic E-state index is 0.524. The van der Waals surface area contributed by atoms with E-state index in [9.17, 15) is 0 Å². The second kappa shape index (κ2) is 7.58. The molecule has 30 heavy (non-hydrogen) atoms. The first-order valence-corrected chi connectivity index (χ1v) is 11.3. The normalized spacial score (nSPS) is 11.9. The third-order valence-corrected chi connectivity index (χ3v) is 6.83. The largest absolute Gasteiger partial charge is 0.0587 e. The molecule has 4 aliphatic carbocycles. The number of aryl methyl sites for hydroxylation is 3. The van der Waals surface area contributed by atoms with Gasteiger partial charge in [-0.15, -0.1) is 0 Å². The van der Waals surface area contributed by atoms with Crippen LogP contribution in [0.2, 0.25) is 0 Å². The Kier molecular flexibility index (Phi) is 5.22. The predicted molar refractivity (Wildman–Crippen MR) is 132 cm³/mol. The molecule has 0 heteroatoms. The van der Waals surface area contributed by atoms with Crippen molar-refractivity contribution in [2.75, 3.05) is 0 Å². The third-order valence-electron chi connectivity index (χ3n) is 6.83. The lowest BCUT2D eigenvalue weighted by atomic mass is 9.97. The van der Waals surface area contributed by atoms with Crippen LogP contribution < -0.4 is 0 Å². The summed E-state index contributed by atoms with van der Waals surface area (Å²) in [6.45, 7) is 18.2. The van der Waals surface area contributed by atoms with Crippen LogP contribution in [0.3, 0.4) is 0 Å². The van der Waals surface area contributed by atoms with Crippen LogP contribution >= 0.6 is 0 Å². The summed E-state index contributed by atoms with van der Waals surface area (Å²) in [5.41, 5.74) is 16.6. The van der Waals surface area contributed by atoms with Gasteiger partial charge < -0.3 is 0 Å². The Balaban J connectivity index is 2.02. The molecule has 0 saturated carbocycles. The fourth-order valence-electron chi connectivity index (χ4n) is 4.76. The fraction of sp³-hybridized carbons (Fsp3) is 0.333. The summed E-state index contributed by atoms with van der Waals surface area (Å²) in [5.74, 6) is 1.05. The Morgan fingerprint density at radius 3 is 1.60 bits per heavy atom. The standard InChI is InChI=1S/C30H34/c1-17(2)23-12-10-20(6)30-26(14-23)21(7)13-29(30)28-16-25-19(5)9-11-24(18(3)4)15-27(25)22(28)8/h9-18H,1-8H3. The topological polar surface area (TPSA) is 0 Å². The molecule has 0 aromatic heterocycles. The molecule has 4 rings (SSSR count). The summed E-state index contributed by atoms with van der Waals surface area (Å²) >= 11 is 0. The molecule has 0 N–H and O–H groups in total. The van der Waals surface area contributed by atoms with Gasteiger partial charge in [-0.3, -0.25) is 0 Å². The van der Waals surface area contributed by atoms with Gasteiger partial charge in [0.2, 0.25) is 0 Å². The number of hydrogen-bond acceptors (Lipinski definition) is 0. The van der Waals surface area contributed by atoms with Crippen LogP contribution in [0.25, 0.3) is 33.4 Å². The molecule has 0 bridgehead atoms. The molecule has 0 aliphatic heterocycles. The van der Waals surface area contributed by atoms with Gasteiger partial charge in [-0.05, 0) is 112 Å². The number of rotatable bonds is 3. The minimum Gasteiger partial charge on any atom is -0.0587 e. The zero-order chi connectivity index (χ0) is 21.7. The van der Waals surface area contributed by atoms with E-state index in [2.05, 4.69) is 104 Å². The fourth-order valence-corrected chi connectivity index (χ4v) is 4.76. The molecule has 0 spiro atoms. The smallest absolute Gasteiger partial charge is 0.00731 e. The third kappa shape index (κ3) is 3.33. The molecule has 0 amide bonds. The summed E-state index contributed by atoms with van der Waals surface area (Å²) < 4.78 is 0. The van der Waals surface area contributed by atoms with Gasteiger partial charge in [-0.25, -0.2) is 0 Å². The van der Waals surface area contributed by atoms with Crippen LogP contribution in [0.1, 0.15) is 72.9 Å². The molecule has 0 radical (unpaired) electrons. The monoisotopic (exact) mass is 394 g/mol. The van der Waals surface area contributed by atoms with Crippen molar-refractivity contribution in [3.63, 3.8) is 0 Å². The van der Waals surface area contributed by atoms with E-state index in [0.29, 0.717) is 11.8 Å². The maximum absolute atomic E-state index is 2.42. The van der Waals surface area contributed by atoms with Gasteiger partial charge in [0.15, 0.2) is 0 Å². The zero-order valence-electron chi connectivity index (χ0n) is 19.8. The lowest BCUT2D eigenvalue weighted by molar-refractivity contribution is 0.868. The van der Waals surface area contributed by atoms with Crippen molar-refractivity contribution in [2.24, 2.45) is 0 Å². The van der Waals surface area contributed by atoms with E-state index >= 15 is 0 Å². The van der Waals surface area contributed by atoms with Crippen LogP contribution in [-0.4, -0.2) is 0 Å². The van der Waals surface area contributed by atoms with Crippen LogP contribution in [0.4, 0.5) is 0 Å². The molecule has 0 saturated heterocycles. The van der Waals surface area contributed by atoms with Gasteiger partial charge in [0.1, 0.15) is 0 Å². The minimum absolute atomic E-state index is 0.524. The number of hydrogen-bond donors (Lipinski definition) is 0. The average molecular weight is 395 g/mol. The van der Waals surface area contributed by atoms with E-state index < -0.39 is 0 Å². The molecule has 154 valence electrons. The first kappa shape index (κ1) is 20.7. The molecule has 0 heterocycles. The van der Waals surface area contributed by atoms with E-state index in [1.807, 2.05) is 0 Å². The van der Waals surface area contributed by atoms with Gasteiger partial charge in [-0.1, -0.05) is 70.2 Å². The Morgan fingerprint density at radius 1 is 0.467 bits per heavy atom. The second-order valence-corrected chi connectivity index (χ2v) is 9.67. The van der Waals surface area contributed by atoms with Crippen molar-refractivity contribution < 1.29 is 0 Å². The first-order chi connectivity index (χ1) is 14.2. The molecule has 0 nitrogen and oxygen atoms in total.